The van der Waals surface area contributed by atoms with Gasteiger partial charge in [0.15, 0.2) is 0 Å². The molecule has 2 rings (SSSR count). The van der Waals surface area contributed by atoms with Crippen LogP contribution in [0.4, 0.5) is 4.79 Å². The van der Waals surface area contributed by atoms with Crippen LogP contribution in [0, 0.1) is 5.41 Å². The van der Waals surface area contributed by atoms with Gasteiger partial charge in [-0.15, -0.1) is 0 Å². The van der Waals surface area contributed by atoms with E-state index in [1.165, 1.54) is 5.19 Å². The fourth-order valence-electron chi connectivity index (χ4n) is 3.50. The van der Waals surface area contributed by atoms with E-state index in [0.29, 0.717) is 0 Å². The summed E-state index contributed by atoms with van der Waals surface area (Å²) < 4.78 is 5.45. The smallest absolute Gasteiger partial charge is 0.405 e. The molecule has 1 aliphatic heterocycles. The zero-order valence-electron chi connectivity index (χ0n) is 16.3. The fourth-order valence-corrected chi connectivity index (χ4v) is 6.22. The van der Waals surface area contributed by atoms with Gasteiger partial charge >= 0.3 is 6.09 Å². The molecule has 1 saturated heterocycles. The highest BCUT2D eigenvalue weighted by Gasteiger charge is 2.32. The van der Waals surface area contributed by atoms with Crippen LogP contribution >= 0.6 is 0 Å². The summed E-state index contributed by atoms with van der Waals surface area (Å²) in [6, 6.07) is 8.58. The van der Waals surface area contributed by atoms with Crippen LogP contribution in [-0.4, -0.2) is 51.4 Å². The lowest BCUT2D eigenvalue weighted by Gasteiger charge is -2.35. The average molecular weight is 364 g/mol. The Morgan fingerprint density at radius 2 is 1.96 bits per heavy atom. The molecule has 3 N–H and O–H groups in total. The summed E-state index contributed by atoms with van der Waals surface area (Å²) in [7, 11) is -1.62. The molecule has 1 aliphatic rings. The van der Waals surface area contributed by atoms with E-state index < -0.39 is 14.2 Å². The molecule has 6 heteroatoms. The Labute approximate surface area is 152 Å². The van der Waals surface area contributed by atoms with Crippen molar-refractivity contribution in [3.63, 3.8) is 0 Å². The topological polar surface area (TPSA) is 67.6 Å². The van der Waals surface area contributed by atoms with Crippen molar-refractivity contribution in [1.82, 2.24) is 10.2 Å². The molecular formula is C19H33N3O2Si. The number of primary amides is 1. The number of hydrogen-bond acceptors (Lipinski definition) is 4. The number of amides is 1. The number of benzene rings is 1. The highest BCUT2D eigenvalue weighted by Crippen LogP contribution is 2.35. The van der Waals surface area contributed by atoms with E-state index in [1.807, 2.05) is 6.07 Å². The average Bonchev–Trinajstić information content (AvgIpc) is 2.52. The first-order chi connectivity index (χ1) is 11.6. The molecule has 5 nitrogen and oxygen atoms in total. The van der Waals surface area contributed by atoms with Gasteiger partial charge in [0.1, 0.15) is 6.10 Å². The Bertz CT molecular complexity index is 593. The van der Waals surface area contributed by atoms with Crippen molar-refractivity contribution in [3.8, 4) is 0 Å². The van der Waals surface area contributed by atoms with Gasteiger partial charge in [-0.25, -0.2) is 4.79 Å². The number of carbonyl (C=O) groups excluding carboxylic acids is 1. The number of nitrogens with two attached hydrogens (primary N) is 1. The van der Waals surface area contributed by atoms with Crippen LogP contribution in [0.25, 0.3) is 0 Å². The van der Waals surface area contributed by atoms with Gasteiger partial charge in [-0.1, -0.05) is 63.3 Å². The molecule has 1 unspecified atom stereocenters. The normalized spacial score (nSPS) is 18.0. The van der Waals surface area contributed by atoms with Crippen molar-refractivity contribution < 1.29 is 9.53 Å². The molecule has 0 aromatic heterocycles. The van der Waals surface area contributed by atoms with Gasteiger partial charge in [-0.05, 0) is 11.7 Å². The van der Waals surface area contributed by atoms with E-state index in [0.717, 1.165) is 37.9 Å². The fraction of sp³-hybridized carbons (Fsp3) is 0.632. The van der Waals surface area contributed by atoms with Crippen LogP contribution in [-0.2, 0) is 4.74 Å². The van der Waals surface area contributed by atoms with Crippen molar-refractivity contribution in [2.75, 3.05) is 32.3 Å². The summed E-state index contributed by atoms with van der Waals surface area (Å²) in [4.78, 5) is 13.9. The maximum Gasteiger partial charge on any atom is 0.405 e. The minimum atomic E-state index is -1.62. The monoisotopic (exact) mass is 363 g/mol. The lowest BCUT2D eigenvalue weighted by atomic mass is 9.84. The third-order valence-corrected chi connectivity index (χ3v) is 7.93. The van der Waals surface area contributed by atoms with Crippen LogP contribution in [0.5, 0.6) is 0 Å². The van der Waals surface area contributed by atoms with Gasteiger partial charge in [0.25, 0.3) is 0 Å². The number of piperazine rings is 1. The summed E-state index contributed by atoms with van der Waals surface area (Å²) in [5.41, 5.74) is 6.13. The van der Waals surface area contributed by atoms with Crippen molar-refractivity contribution in [2.45, 2.75) is 40.0 Å². The van der Waals surface area contributed by atoms with E-state index in [4.69, 9.17) is 10.5 Å². The number of hydrogen-bond donors (Lipinski definition) is 2. The summed E-state index contributed by atoms with van der Waals surface area (Å²) in [5.74, 6) is 0. The number of carbonyl (C=O) groups is 1. The maximum absolute atomic E-state index is 11.4. The zero-order valence-corrected chi connectivity index (χ0v) is 17.3. The molecule has 0 bridgehead atoms. The van der Waals surface area contributed by atoms with E-state index in [1.54, 1.807) is 0 Å². The third-order valence-electron chi connectivity index (χ3n) is 4.82. The van der Waals surface area contributed by atoms with Gasteiger partial charge < -0.3 is 20.7 Å². The van der Waals surface area contributed by atoms with Crippen molar-refractivity contribution in [2.24, 2.45) is 11.1 Å². The summed E-state index contributed by atoms with van der Waals surface area (Å²) in [5, 5.41) is 4.81. The first-order valence-corrected chi connectivity index (χ1v) is 12.3. The van der Waals surface area contributed by atoms with Crippen molar-refractivity contribution in [1.29, 1.82) is 0 Å². The number of nitrogens with one attached hydrogen (secondary N) is 1. The molecule has 1 aromatic rings. The number of ether oxygens (including phenoxy) is 1. The lowest BCUT2D eigenvalue weighted by Crippen LogP contribution is -2.56. The quantitative estimate of drug-likeness (QED) is 0.787. The van der Waals surface area contributed by atoms with Crippen LogP contribution < -0.4 is 16.2 Å². The third kappa shape index (κ3) is 5.56. The summed E-state index contributed by atoms with van der Waals surface area (Å²) in [6.45, 7) is 15.4. The van der Waals surface area contributed by atoms with Crippen LogP contribution in [0.1, 0.15) is 32.4 Å². The van der Waals surface area contributed by atoms with Gasteiger partial charge in [-0.2, -0.15) is 0 Å². The Balaban J connectivity index is 2.24. The highest BCUT2D eigenvalue weighted by molar-refractivity contribution is 6.90. The predicted octanol–water partition coefficient (Wildman–Crippen LogP) is 2.23. The van der Waals surface area contributed by atoms with Crippen LogP contribution in [0.2, 0.25) is 13.1 Å². The molecule has 140 valence electrons. The molecule has 0 aliphatic carbocycles. The molecule has 0 spiro atoms. The second kappa shape index (κ2) is 7.89. The maximum atomic E-state index is 11.4. The molecule has 1 atom stereocenters. The van der Waals surface area contributed by atoms with Gasteiger partial charge in [0.2, 0.25) is 0 Å². The summed E-state index contributed by atoms with van der Waals surface area (Å²) >= 11 is 0. The molecular weight excluding hydrogens is 330 g/mol. The first kappa shape index (κ1) is 19.9. The van der Waals surface area contributed by atoms with E-state index in [2.05, 4.69) is 62.3 Å². The first-order valence-electron chi connectivity index (χ1n) is 9.09. The van der Waals surface area contributed by atoms with Gasteiger partial charge in [0.05, 0.1) is 8.07 Å². The Morgan fingerprint density at radius 1 is 1.32 bits per heavy atom. The minimum absolute atomic E-state index is 0.210. The largest absolute Gasteiger partial charge is 0.441 e. The summed E-state index contributed by atoms with van der Waals surface area (Å²) in [6.07, 6.45) is 0.0891. The van der Waals surface area contributed by atoms with Crippen molar-refractivity contribution in [3.05, 3.63) is 29.8 Å². The molecule has 0 radical (unpaired) electrons. The zero-order chi connectivity index (χ0) is 18.7. The molecule has 1 fully saturated rings. The Hall–Kier alpha value is -1.37. The lowest BCUT2D eigenvalue weighted by molar-refractivity contribution is 0.0360. The predicted molar refractivity (Wildman–Crippen MR) is 106 cm³/mol. The number of nitrogens with zero attached hydrogens (tertiary/aromatic N) is 1. The molecule has 1 aromatic carbocycles. The second-order valence-corrected chi connectivity index (χ2v) is 13.4. The standard InChI is InChI=1S/C19H33N3O2Si/c1-19(2,3)17(24-18(20)23)15-7-6-8-16(13-15)25(4,5)14-22-11-9-21-10-12-22/h6-8,13,17,21H,9-12,14H2,1-5H3,(H2,20,23). The van der Waals surface area contributed by atoms with Crippen molar-refractivity contribution >= 4 is 19.4 Å². The Morgan fingerprint density at radius 3 is 2.52 bits per heavy atom. The molecule has 0 saturated carbocycles. The SMILES string of the molecule is CC(C)(C)C(OC(N)=O)c1cccc([Si](C)(C)CN2CCNCC2)c1. The second-order valence-electron chi connectivity index (χ2n) is 8.72. The highest BCUT2D eigenvalue weighted by atomic mass is 28.3. The Kier molecular flexibility index (Phi) is 6.29. The molecule has 25 heavy (non-hydrogen) atoms. The molecule has 1 heterocycles. The van der Waals surface area contributed by atoms with Gasteiger partial charge in [0, 0.05) is 31.6 Å². The van der Waals surface area contributed by atoms with E-state index in [-0.39, 0.29) is 11.5 Å². The van der Waals surface area contributed by atoms with Crippen LogP contribution in [0.3, 0.4) is 0 Å². The van der Waals surface area contributed by atoms with E-state index in [9.17, 15) is 4.79 Å². The van der Waals surface area contributed by atoms with Crippen LogP contribution in [0.15, 0.2) is 24.3 Å². The minimum Gasteiger partial charge on any atom is -0.441 e. The molecule has 1 amide bonds. The van der Waals surface area contributed by atoms with E-state index >= 15 is 0 Å². The number of rotatable bonds is 5. The van der Waals surface area contributed by atoms with Gasteiger partial charge in [-0.3, -0.25) is 0 Å².